The van der Waals surface area contributed by atoms with E-state index in [0.717, 1.165) is 6.42 Å². The van der Waals surface area contributed by atoms with Crippen LogP contribution in [-0.2, 0) is 4.79 Å². The Labute approximate surface area is 131 Å². The van der Waals surface area contributed by atoms with Crippen LogP contribution in [0.1, 0.15) is 37.6 Å². The fourth-order valence-electron chi connectivity index (χ4n) is 1.95. The van der Waals surface area contributed by atoms with Crippen LogP contribution in [0.4, 0.5) is 5.69 Å². The van der Waals surface area contributed by atoms with Gasteiger partial charge in [0.15, 0.2) is 6.61 Å². The van der Waals surface area contributed by atoms with E-state index >= 15 is 0 Å². The number of benzene rings is 1. The number of anilines is 1. The normalized spacial score (nSPS) is 10.1. The molecule has 2 amide bonds. The van der Waals surface area contributed by atoms with Gasteiger partial charge in [-0.2, -0.15) is 0 Å². The van der Waals surface area contributed by atoms with Gasteiger partial charge in [0.25, 0.3) is 11.8 Å². The molecule has 0 bridgehead atoms. The van der Waals surface area contributed by atoms with E-state index < -0.39 is 0 Å². The molecule has 6 heteroatoms. The predicted octanol–water partition coefficient (Wildman–Crippen LogP) is 1.66. The van der Waals surface area contributed by atoms with Crippen molar-refractivity contribution in [2.24, 2.45) is 0 Å². The molecule has 0 aliphatic carbocycles. The largest absolute Gasteiger partial charge is 0.482 e. The standard InChI is InChI=1S/C16H25N3O3/c1-4-9-18-16(21)12-7-8-13(17)14(10-12)22-11-15(20)19(5-2)6-3/h7-8,10H,4-6,9,11,17H2,1-3H3,(H,18,21). The molecule has 1 aromatic rings. The SMILES string of the molecule is CCCNC(=O)c1ccc(N)c(OCC(=O)N(CC)CC)c1. The third kappa shape index (κ3) is 4.95. The van der Waals surface area contributed by atoms with Crippen molar-refractivity contribution >= 4 is 17.5 Å². The number of hydrogen-bond acceptors (Lipinski definition) is 4. The van der Waals surface area contributed by atoms with Gasteiger partial charge in [0.2, 0.25) is 0 Å². The first-order chi connectivity index (χ1) is 10.5. The van der Waals surface area contributed by atoms with Gasteiger partial charge in [-0.25, -0.2) is 0 Å². The Kier molecular flexibility index (Phi) is 7.22. The van der Waals surface area contributed by atoms with Crippen molar-refractivity contribution in [1.29, 1.82) is 0 Å². The van der Waals surface area contributed by atoms with E-state index in [1.165, 1.54) is 0 Å². The predicted molar refractivity (Wildman–Crippen MR) is 86.9 cm³/mol. The highest BCUT2D eigenvalue weighted by Crippen LogP contribution is 2.22. The van der Waals surface area contributed by atoms with E-state index in [1.807, 2.05) is 20.8 Å². The lowest BCUT2D eigenvalue weighted by Gasteiger charge is -2.19. The Balaban J connectivity index is 2.74. The second kappa shape index (κ2) is 8.92. The van der Waals surface area contributed by atoms with Gasteiger partial charge in [-0.1, -0.05) is 6.92 Å². The van der Waals surface area contributed by atoms with Crippen LogP contribution in [0.25, 0.3) is 0 Å². The van der Waals surface area contributed by atoms with Gasteiger partial charge in [-0.3, -0.25) is 9.59 Å². The summed E-state index contributed by atoms with van der Waals surface area (Å²) in [5, 5.41) is 2.79. The Bertz CT molecular complexity index is 513. The summed E-state index contributed by atoms with van der Waals surface area (Å²) in [5.41, 5.74) is 6.70. The molecule has 0 atom stereocenters. The molecular formula is C16H25N3O3. The highest BCUT2D eigenvalue weighted by atomic mass is 16.5. The minimum absolute atomic E-state index is 0.0914. The average Bonchev–Trinajstić information content (AvgIpc) is 2.52. The summed E-state index contributed by atoms with van der Waals surface area (Å²) in [4.78, 5) is 25.5. The van der Waals surface area contributed by atoms with Crippen molar-refractivity contribution in [3.8, 4) is 5.75 Å². The quantitative estimate of drug-likeness (QED) is 0.715. The van der Waals surface area contributed by atoms with E-state index in [-0.39, 0.29) is 18.4 Å². The maximum absolute atomic E-state index is 11.9. The zero-order chi connectivity index (χ0) is 16.5. The lowest BCUT2D eigenvalue weighted by molar-refractivity contribution is -0.132. The monoisotopic (exact) mass is 307 g/mol. The summed E-state index contributed by atoms with van der Waals surface area (Å²) < 4.78 is 5.48. The van der Waals surface area contributed by atoms with Crippen LogP contribution in [-0.4, -0.2) is 43.0 Å². The fraction of sp³-hybridized carbons (Fsp3) is 0.500. The topological polar surface area (TPSA) is 84.7 Å². The molecule has 6 nitrogen and oxygen atoms in total. The molecule has 0 saturated carbocycles. The molecule has 0 spiro atoms. The number of nitrogens with one attached hydrogen (secondary N) is 1. The summed E-state index contributed by atoms with van der Waals surface area (Å²) in [5.74, 6) is 0.0664. The highest BCUT2D eigenvalue weighted by Gasteiger charge is 2.13. The van der Waals surface area contributed by atoms with Crippen LogP contribution < -0.4 is 15.8 Å². The van der Waals surface area contributed by atoms with Crippen molar-refractivity contribution in [2.45, 2.75) is 27.2 Å². The zero-order valence-corrected chi connectivity index (χ0v) is 13.5. The molecule has 0 saturated heterocycles. The van der Waals surface area contributed by atoms with Crippen molar-refractivity contribution in [1.82, 2.24) is 10.2 Å². The van der Waals surface area contributed by atoms with Crippen LogP contribution >= 0.6 is 0 Å². The molecule has 0 aromatic heterocycles. The molecule has 0 unspecified atom stereocenters. The molecule has 122 valence electrons. The minimum atomic E-state index is -0.179. The van der Waals surface area contributed by atoms with Crippen molar-refractivity contribution < 1.29 is 14.3 Å². The Morgan fingerprint density at radius 3 is 2.50 bits per heavy atom. The highest BCUT2D eigenvalue weighted by molar-refractivity contribution is 5.95. The third-order valence-corrected chi connectivity index (χ3v) is 3.28. The minimum Gasteiger partial charge on any atom is -0.482 e. The number of likely N-dealkylation sites (N-methyl/N-ethyl adjacent to an activating group) is 1. The number of nitrogens with zero attached hydrogens (tertiary/aromatic N) is 1. The zero-order valence-electron chi connectivity index (χ0n) is 13.5. The summed E-state index contributed by atoms with van der Waals surface area (Å²) in [6.07, 6.45) is 0.864. The first-order valence-electron chi connectivity index (χ1n) is 7.61. The second-order valence-corrected chi connectivity index (χ2v) is 4.86. The number of hydrogen-bond donors (Lipinski definition) is 2. The van der Waals surface area contributed by atoms with E-state index in [9.17, 15) is 9.59 Å². The van der Waals surface area contributed by atoms with Gasteiger partial charge in [0.1, 0.15) is 5.75 Å². The molecule has 0 radical (unpaired) electrons. The lowest BCUT2D eigenvalue weighted by atomic mass is 10.1. The second-order valence-electron chi connectivity index (χ2n) is 4.86. The maximum Gasteiger partial charge on any atom is 0.260 e. The fourth-order valence-corrected chi connectivity index (χ4v) is 1.95. The smallest absolute Gasteiger partial charge is 0.260 e. The van der Waals surface area contributed by atoms with Crippen molar-refractivity contribution in [3.05, 3.63) is 23.8 Å². The molecule has 1 aromatic carbocycles. The van der Waals surface area contributed by atoms with Crippen LogP contribution in [0.15, 0.2) is 18.2 Å². The molecule has 1 rings (SSSR count). The number of carbonyl (C=O) groups is 2. The molecule has 0 aliphatic heterocycles. The van der Waals surface area contributed by atoms with Gasteiger partial charge >= 0.3 is 0 Å². The molecule has 0 aliphatic rings. The van der Waals surface area contributed by atoms with Gasteiger partial charge < -0.3 is 20.7 Å². The van der Waals surface area contributed by atoms with Gasteiger partial charge in [0.05, 0.1) is 5.69 Å². The van der Waals surface area contributed by atoms with Crippen molar-refractivity contribution in [2.75, 3.05) is 32.0 Å². The van der Waals surface area contributed by atoms with E-state index in [0.29, 0.717) is 36.6 Å². The maximum atomic E-state index is 11.9. The van der Waals surface area contributed by atoms with Crippen molar-refractivity contribution in [3.63, 3.8) is 0 Å². The van der Waals surface area contributed by atoms with Crippen LogP contribution in [0.2, 0.25) is 0 Å². The molecule has 0 fully saturated rings. The molecule has 22 heavy (non-hydrogen) atoms. The van der Waals surface area contributed by atoms with E-state index in [2.05, 4.69) is 5.32 Å². The Morgan fingerprint density at radius 1 is 1.23 bits per heavy atom. The van der Waals surface area contributed by atoms with Gasteiger partial charge in [-0.15, -0.1) is 0 Å². The average molecular weight is 307 g/mol. The number of rotatable bonds is 8. The lowest BCUT2D eigenvalue weighted by Crippen LogP contribution is -2.34. The van der Waals surface area contributed by atoms with Crippen LogP contribution in [0, 0.1) is 0 Å². The molecule has 3 N–H and O–H groups in total. The Morgan fingerprint density at radius 2 is 1.91 bits per heavy atom. The Hall–Kier alpha value is -2.24. The summed E-state index contributed by atoms with van der Waals surface area (Å²) in [6.45, 7) is 7.59. The summed E-state index contributed by atoms with van der Waals surface area (Å²) in [6, 6.07) is 4.81. The van der Waals surface area contributed by atoms with E-state index in [4.69, 9.17) is 10.5 Å². The molecular weight excluding hydrogens is 282 g/mol. The number of amides is 2. The number of ether oxygens (including phenoxy) is 1. The van der Waals surface area contributed by atoms with E-state index in [1.54, 1.807) is 23.1 Å². The summed E-state index contributed by atoms with van der Waals surface area (Å²) >= 11 is 0. The first-order valence-corrected chi connectivity index (χ1v) is 7.61. The first kappa shape index (κ1) is 17.8. The van der Waals surface area contributed by atoms with Gasteiger partial charge in [0, 0.05) is 25.2 Å². The van der Waals surface area contributed by atoms with Crippen LogP contribution in [0.5, 0.6) is 5.75 Å². The summed E-state index contributed by atoms with van der Waals surface area (Å²) in [7, 11) is 0. The van der Waals surface area contributed by atoms with Crippen LogP contribution in [0.3, 0.4) is 0 Å². The molecule has 0 heterocycles. The number of nitrogens with two attached hydrogens (primary N) is 1. The van der Waals surface area contributed by atoms with Gasteiger partial charge in [-0.05, 0) is 38.5 Å². The third-order valence-electron chi connectivity index (χ3n) is 3.28. The number of carbonyl (C=O) groups excluding carboxylic acids is 2. The number of nitrogen functional groups attached to an aromatic ring is 1.